The van der Waals surface area contributed by atoms with Gasteiger partial charge in [0.25, 0.3) is 5.56 Å². The van der Waals surface area contributed by atoms with Crippen LogP contribution < -0.4 is 10.9 Å². The fourth-order valence-electron chi connectivity index (χ4n) is 4.23. The molecule has 0 bridgehead atoms. The van der Waals surface area contributed by atoms with Gasteiger partial charge in [-0.25, -0.2) is 9.97 Å². The lowest BCUT2D eigenvalue weighted by molar-refractivity contribution is -0.113. The highest BCUT2D eigenvalue weighted by Crippen LogP contribution is 2.38. The molecule has 0 saturated heterocycles. The van der Waals surface area contributed by atoms with Gasteiger partial charge in [0.2, 0.25) is 5.91 Å². The molecule has 4 aromatic rings. The largest absolute Gasteiger partial charge is 0.325 e. The number of hydrogen-bond donors (Lipinski definition) is 3. The lowest BCUT2D eigenvalue weighted by Crippen LogP contribution is -2.15. The van der Waals surface area contributed by atoms with Gasteiger partial charge in [0, 0.05) is 22.0 Å². The summed E-state index contributed by atoms with van der Waals surface area (Å²) in [5, 5.41) is 11.0. The fraction of sp³-hybridized carbons (Fsp3) is 0.348. The van der Waals surface area contributed by atoms with Crippen molar-refractivity contribution in [3.05, 3.63) is 56.7 Å². The number of amides is 1. The number of rotatable bonds is 7. The van der Waals surface area contributed by atoms with Crippen molar-refractivity contribution in [2.75, 3.05) is 11.1 Å². The number of thiophene rings is 1. The van der Waals surface area contributed by atoms with E-state index in [0.717, 1.165) is 53.7 Å². The Kier molecular flexibility index (Phi) is 5.26. The molecule has 0 atom stereocenters. The van der Waals surface area contributed by atoms with Crippen LogP contribution in [0, 0.1) is 0 Å². The van der Waals surface area contributed by atoms with Gasteiger partial charge in [0.15, 0.2) is 5.82 Å². The van der Waals surface area contributed by atoms with Crippen molar-refractivity contribution in [1.82, 2.24) is 25.1 Å². The quantitative estimate of drug-likeness (QED) is 0.370. The van der Waals surface area contributed by atoms with Crippen LogP contribution in [0.5, 0.6) is 0 Å². The molecule has 1 saturated carbocycles. The SMILES string of the molecule is O=C(CSCc1nc2sc3c(c2c(=O)[nH]1)CCC3)Nc1cccc(-c2n[nH]c(C3CC3)n2)c1. The Morgan fingerprint density at radius 2 is 2.15 bits per heavy atom. The number of benzene rings is 1. The summed E-state index contributed by atoms with van der Waals surface area (Å²) in [5.41, 5.74) is 2.69. The van der Waals surface area contributed by atoms with Crippen molar-refractivity contribution in [3.63, 3.8) is 0 Å². The lowest BCUT2D eigenvalue weighted by Gasteiger charge is -2.06. The van der Waals surface area contributed by atoms with Gasteiger partial charge >= 0.3 is 0 Å². The Morgan fingerprint density at radius 3 is 3.03 bits per heavy atom. The molecule has 168 valence electrons. The summed E-state index contributed by atoms with van der Waals surface area (Å²) in [6, 6.07) is 7.55. The summed E-state index contributed by atoms with van der Waals surface area (Å²) in [6.45, 7) is 0. The number of nitrogens with one attached hydrogen (secondary N) is 3. The fourth-order valence-corrected chi connectivity index (χ4v) is 6.20. The van der Waals surface area contributed by atoms with E-state index < -0.39 is 0 Å². The van der Waals surface area contributed by atoms with E-state index in [4.69, 9.17) is 0 Å². The molecule has 3 N–H and O–H groups in total. The van der Waals surface area contributed by atoms with Gasteiger partial charge in [0.05, 0.1) is 16.9 Å². The smallest absolute Gasteiger partial charge is 0.259 e. The summed E-state index contributed by atoms with van der Waals surface area (Å²) in [7, 11) is 0. The molecule has 1 fully saturated rings. The molecule has 2 aliphatic rings. The van der Waals surface area contributed by atoms with Crippen molar-refractivity contribution in [2.24, 2.45) is 0 Å². The van der Waals surface area contributed by atoms with E-state index in [1.807, 2.05) is 24.3 Å². The van der Waals surface area contributed by atoms with Crippen molar-refractivity contribution in [1.29, 1.82) is 0 Å². The number of carbonyl (C=O) groups excluding carboxylic acids is 1. The van der Waals surface area contributed by atoms with Crippen LogP contribution in [0.1, 0.15) is 47.3 Å². The van der Waals surface area contributed by atoms with Crippen LogP contribution in [-0.2, 0) is 23.4 Å². The molecule has 1 amide bonds. The zero-order valence-electron chi connectivity index (χ0n) is 17.8. The number of fused-ring (bicyclic) bond motifs is 3. The molecule has 0 radical (unpaired) electrons. The summed E-state index contributed by atoms with van der Waals surface area (Å²) in [6.07, 6.45) is 5.45. The van der Waals surface area contributed by atoms with E-state index in [2.05, 4.69) is 30.5 Å². The number of nitrogens with zero attached hydrogens (tertiary/aromatic N) is 3. The molecule has 0 spiro atoms. The summed E-state index contributed by atoms with van der Waals surface area (Å²) >= 11 is 3.06. The van der Waals surface area contributed by atoms with Gasteiger partial charge in [-0.1, -0.05) is 12.1 Å². The van der Waals surface area contributed by atoms with Crippen molar-refractivity contribution in [2.45, 2.75) is 43.8 Å². The van der Waals surface area contributed by atoms with Crippen LogP contribution in [0.2, 0.25) is 0 Å². The maximum absolute atomic E-state index is 12.6. The average Bonchev–Trinajstić information content (AvgIpc) is 3.18. The van der Waals surface area contributed by atoms with Gasteiger partial charge in [-0.2, -0.15) is 5.10 Å². The molecule has 2 aliphatic carbocycles. The molecule has 10 heteroatoms. The van der Waals surface area contributed by atoms with Gasteiger partial charge in [-0.15, -0.1) is 23.1 Å². The Hall–Kier alpha value is -2.98. The van der Waals surface area contributed by atoms with E-state index in [-0.39, 0.29) is 17.2 Å². The first-order valence-corrected chi connectivity index (χ1v) is 13.0. The van der Waals surface area contributed by atoms with E-state index in [9.17, 15) is 9.59 Å². The number of H-pyrrole nitrogens is 2. The number of hydrogen-bond acceptors (Lipinski definition) is 7. The van der Waals surface area contributed by atoms with Crippen LogP contribution in [0.4, 0.5) is 5.69 Å². The summed E-state index contributed by atoms with van der Waals surface area (Å²) in [5.74, 6) is 3.34. The van der Waals surface area contributed by atoms with Crippen LogP contribution in [0.15, 0.2) is 29.1 Å². The third-order valence-corrected chi connectivity index (χ3v) is 8.10. The van der Waals surface area contributed by atoms with Crippen LogP contribution in [0.3, 0.4) is 0 Å². The third-order valence-electron chi connectivity index (χ3n) is 5.97. The first-order chi connectivity index (χ1) is 16.1. The Balaban J connectivity index is 1.07. The minimum Gasteiger partial charge on any atom is -0.325 e. The monoisotopic (exact) mass is 478 g/mol. The van der Waals surface area contributed by atoms with Gasteiger partial charge in [0.1, 0.15) is 16.5 Å². The number of aromatic amines is 2. The zero-order chi connectivity index (χ0) is 22.4. The lowest BCUT2D eigenvalue weighted by atomic mass is 10.2. The van der Waals surface area contributed by atoms with E-state index in [0.29, 0.717) is 29.0 Å². The van der Waals surface area contributed by atoms with Gasteiger partial charge in [-0.05, 0) is 49.8 Å². The van der Waals surface area contributed by atoms with Crippen molar-refractivity contribution < 1.29 is 4.79 Å². The second kappa shape index (κ2) is 8.42. The summed E-state index contributed by atoms with van der Waals surface area (Å²) < 4.78 is 0. The van der Waals surface area contributed by atoms with Crippen LogP contribution in [0.25, 0.3) is 21.6 Å². The predicted octanol–water partition coefficient (Wildman–Crippen LogP) is 4.01. The highest BCUT2D eigenvalue weighted by Gasteiger charge is 2.27. The summed E-state index contributed by atoms with van der Waals surface area (Å²) in [4.78, 5) is 39.2. The van der Waals surface area contributed by atoms with E-state index >= 15 is 0 Å². The van der Waals surface area contributed by atoms with Crippen molar-refractivity contribution in [3.8, 4) is 11.4 Å². The predicted molar refractivity (Wildman–Crippen MR) is 131 cm³/mol. The van der Waals surface area contributed by atoms with Crippen LogP contribution >= 0.6 is 23.1 Å². The van der Waals surface area contributed by atoms with E-state index in [1.54, 1.807) is 11.3 Å². The number of anilines is 1. The Labute approximate surface area is 197 Å². The molecule has 3 heterocycles. The standard InChI is InChI=1S/C23H22N6O2S2/c30-18(24-14-4-1-3-13(9-14)21-27-20(28-29-21)12-7-8-12)11-32-10-17-25-22(31)19-15-5-2-6-16(15)33-23(19)26-17/h1,3-4,9,12H,2,5-8,10-11H2,(H,24,30)(H,25,26,31)(H,27,28,29). The zero-order valence-corrected chi connectivity index (χ0v) is 19.4. The minimum absolute atomic E-state index is 0.0620. The first-order valence-electron chi connectivity index (χ1n) is 11.1. The number of aryl methyl sites for hydroxylation is 2. The molecule has 0 aliphatic heterocycles. The molecule has 8 nitrogen and oxygen atoms in total. The molecule has 6 rings (SSSR count). The van der Waals surface area contributed by atoms with Crippen LogP contribution in [-0.4, -0.2) is 36.8 Å². The Morgan fingerprint density at radius 1 is 1.24 bits per heavy atom. The molecule has 1 aromatic carbocycles. The van der Waals surface area contributed by atoms with E-state index in [1.165, 1.54) is 22.2 Å². The highest BCUT2D eigenvalue weighted by atomic mass is 32.2. The second-order valence-electron chi connectivity index (χ2n) is 8.49. The third kappa shape index (κ3) is 4.20. The molecule has 0 unspecified atom stereocenters. The second-order valence-corrected chi connectivity index (χ2v) is 10.6. The maximum Gasteiger partial charge on any atom is 0.259 e. The first kappa shape index (κ1) is 20.6. The number of carbonyl (C=O) groups is 1. The molecular weight excluding hydrogens is 456 g/mol. The number of thioether (sulfide) groups is 1. The Bertz CT molecular complexity index is 1420. The van der Waals surface area contributed by atoms with Gasteiger partial charge < -0.3 is 10.3 Å². The molecule has 33 heavy (non-hydrogen) atoms. The van der Waals surface area contributed by atoms with Crippen molar-refractivity contribution >= 4 is 44.9 Å². The number of aromatic nitrogens is 5. The topological polar surface area (TPSA) is 116 Å². The minimum atomic E-state index is -0.107. The highest BCUT2D eigenvalue weighted by molar-refractivity contribution is 7.99. The molecule has 3 aromatic heterocycles. The average molecular weight is 479 g/mol. The molecular formula is C23H22N6O2S2. The van der Waals surface area contributed by atoms with Gasteiger partial charge in [-0.3, -0.25) is 14.7 Å². The normalized spacial score (nSPS) is 15.2. The maximum atomic E-state index is 12.6.